The molecule has 1 aliphatic rings. The first-order chi connectivity index (χ1) is 9.29. The quantitative estimate of drug-likeness (QED) is 0.851. The summed E-state index contributed by atoms with van der Waals surface area (Å²) in [5.74, 6) is 0.718. The molecule has 0 aliphatic carbocycles. The van der Waals surface area contributed by atoms with Crippen molar-refractivity contribution in [3.8, 4) is 5.75 Å². The summed E-state index contributed by atoms with van der Waals surface area (Å²) in [6.07, 6.45) is 2.60. The van der Waals surface area contributed by atoms with Crippen LogP contribution in [0.1, 0.15) is 30.1 Å². The van der Waals surface area contributed by atoms with Crippen LogP contribution in [0.15, 0.2) is 24.3 Å². The Hall–Kier alpha value is -1.55. The molecular formula is C15H22N2O2. The molecule has 1 amide bonds. The van der Waals surface area contributed by atoms with E-state index < -0.39 is 0 Å². The molecule has 0 unspecified atom stereocenters. The highest BCUT2D eigenvalue weighted by Gasteiger charge is 2.11. The Morgan fingerprint density at radius 2 is 2.16 bits per heavy atom. The minimum absolute atomic E-state index is 0.0486. The number of ether oxygens (including phenoxy) is 1. The highest BCUT2D eigenvalue weighted by Crippen LogP contribution is 2.14. The largest absolute Gasteiger partial charge is 0.492 e. The van der Waals surface area contributed by atoms with Crippen molar-refractivity contribution in [2.24, 2.45) is 0 Å². The van der Waals surface area contributed by atoms with Gasteiger partial charge in [0.15, 0.2) is 0 Å². The first-order valence-corrected chi connectivity index (χ1v) is 7.03. The molecule has 104 valence electrons. The van der Waals surface area contributed by atoms with Crippen molar-refractivity contribution in [1.82, 2.24) is 10.2 Å². The number of hydrogen-bond acceptors (Lipinski definition) is 3. The molecule has 1 saturated heterocycles. The second-order valence-electron chi connectivity index (χ2n) is 4.78. The molecule has 0 radical (unpaired) electrons. The molecular weight excluding hydrogens is 240 g/mol. The molecule has 0 spiro atoms. The van der Waals surface area contributed by atoms with Crippen LogP contribution in [0.4, 0.5) is 0 Å². The third kappa shape index (κ3) is 4.24. The topological polar surface area (TPSA) is 41.6 Å². The molecule has 0 saturated carbocycles. The second-order valence-corrected chi connectivity index (χ2v) is 4.78. The zero-order chi connectivity index (χ0) is 13.5. The van der Waals surface area contributed by atoms with E-state index >= 15 is 0 Å². The summed E-state index contributed by atoms with van der Waals surface area (Å²) in [4.78, 5) is 14.1. The van der Waals surface area contributed by atoms with Gasteiger partial charge in [0.25, 0.3) is 5.91 Å². The van der Waals surface area contributed by atoms with E-state index in [4.69, 9.17) is 4.74 Å². The summed E-state index contributed by atoms with van der Waals surface area (Å²) in [5.41, 5.74) is 0.653. The molecule has 1 aliphatic heterocycles. The summed E-state index contributed by atoms with van der Waals surface area (Å²) >= 11 is 0. The number of rotatable bonds is 6. The average molecular weight is 262 g/mol. The first-order valence-electron chi connectivity index (χ1n) is 7.03. The molecule has 1 aromatic carbocycles. The Balaban J connectivity index is 1.82. The maximum absolute atomic E-state index is 11.7. The first kappa shape index (κ1) is 13.9. The maximum atomic E-state index is 11.7. The molecule has 1 fully saturated rings. The molecule has 1 N–H and O–H groups in total. The van der Waals surface area contributed by atoms with E-state index in [-0.39, 0.29) is 5.91 Å². The summed E-state index contributed by atoms with van der Waals surface area (Å²) in [6, 6.07) is 7.36. The lowest BCUT2D eigenvalue weighted by atomic mass is 10.2. The highest BCUT2D eigenvalue weighted by atomic mass is 16.5. The lowest BCUT2D eigenvalue weighted by Crippen LogP contribution is -2.25. The number of amides is 1. The van der Waals surface area contributed by atoms with Crippen LogP contribution in [0.3, 0.4) is 0 Å². The minimum atomic E-state index is -0.0486. The van der Waals surface area contributed by atoms with Crippen molar-refractivity contribution in [3.05, 3.63) is 29.8 Å². The predicted octanol–water partition coefficient (Wildman–Crippen LogP) is 1.91. The van der Waals surface area contributed by atoms with Gasteiger partial charge in [-0.2, -0.15) is 0 Å². The van der Waals surface area contributed by atoms with Crippen LogP contribution in [-0.2, 0) is 0 Å². The van der Waals surface area contributed by atoms with Crippen molar-refractivity contribution in [3.63, 3.8) is 0 Å². The van der Waals surface area contributed by atoms with Crippen LogP contribution in [0, 0.1) is 0 Å². The Bertz CT molecular complexity index is 414. The fourth-order valence-corrected chi connectivity index (χ4v) is 2.29. The molecule has 0 bridgehead atoms. The number of carbonyl (C=O) groups excluding carboxylic acids is 1. The van der Waals surface area contributed by atoms with Gasteiger partial charge in [-0.05, 0) is 51.1 Å². The normalized spacial score (nSPS) is 15.4. The fraction of sp³-hybridized carbons (Fsp3) is 0.533. The van der Waals surface area contributed by atoms with Crippen LogP contribution in [0.2, 0.25) is 0 Å². The monoisotopic (exact) mass is 262 g/mol. The van der Waals surface area contributed by atoms with Crippen LogP contribution < -0.4 is 10.1 Å². The van der Waals surface area contributed by atoms with Gasteiger partial charge in [0, 0.05) is 18.7 Å². The number of nitrogens with one attached hydrogen (secondary N) is 1. The third-order valence-corrected chi connectivity index (χ3v) is 3.31. The van der Waals surface area contributed by atoms with Crippen molar-refractivity contribution >= 4 is 5.91 Å². The van der Waals surface area contributed by atoms with E-state index in [1.807, 2.05) is 19.1 Å². The van der Waals surface area contributed by atoms with Gasteiger partial charge in [-0.1, -0.05) is 6.07 Å². The van der Waals surface area contributed by atoms with Crippen LogP contribution in [0.25, 0.3) is 0 Å². The zero-order valence-electron chi connectivity index (χ0n) is 11.5. The molecule has 4 heteroatoms. The van der Waals surface area contributed by atoms with Crippen LogP contribution in [0.5, 0.6) is 5.75 Å². The molecule has 1 aromatic rings. The van der Waals surface area contributed by atoms with E-state index in [9.17, 15) is 4.79 Å². The minimum Gasteiger partial charge on any atom is -0.492 e. The average Bonchev–Trinajstić information content (AvgIpc) is 2.93. The number of hydrogen-bond donors (Lipinski definition) is 1. The van der Waals surface area contributed by atoms with Gasteiger partial charge in [0.1, 0.15) is 12.4 Å². The summed E-state index contributed by atoms with van der Waals surface area (Å²) in [7, 11) is 0. The summed E-state index contributed by atoms with van der Waals surface area (Å²) in [6.45, 7) is 6.56. The molecule has 0 aromatic heterocycles. The third-order valence-electron chi connectivity index (χ3n) is 3.31. The van der Waals surface area contributed by atoms with Crippen LogP contribution >= 0.6 is 0 Å². The Morgan fingerprint density at radius 3 is 2.89 bits per heavy atom. The zero-order valence-corrected chi connectivity index (χ0v) is 11.5. The Morgan fingerprint density at radius 1 is 1.37 bits per heavy atom. The second kappa shape index (κ2) is 7.14. The number of carbonyl (C=O) groups is 1. The van der Waals surface area contributed by atoms with Gasteiger partial charge in [-0.25, -0.2) is 0 Å². The van der Waals surface area contributed by atoms with Gasteiger partial charge in [0.2, 0.25) is 0 Å². The molecule has 4 nitrogen and oxygen atoms in total. The van der Waals surface area contributed by atoms with E-state index in [1.54, 1.807) is 12.1 Å². The SMILES string of the molecule is CCNC(=O)c1cccc(OCCN2CCCC2)c1. The van der Waals surface area contributed by atoms with Gasteiger partial charge in [-0.3, -0.25) is 9.69 Å². The van der Waals surface area contributed by atoms with Crippen molar-refractivity contribution in [2.45, 2.75) is 19.8 Å². The lowest BCUT2D eigenvalue weighted by molar-refractivity contribution is 0.0955. The van der Waals surface area contributed by atoms with Crippen molar-refractivity contribution in [1.29, 1.82) is 0 Å². The smallest absolute Gasteiger partial charge is 0.251 e. The standard InChI is InChI=1S/C15H22N2O2/c1-2-16-15(18)13-6-5-7-14(12-13)19-11-10-17-8-3-4-9-17/h5-7,12H,2-4,8-11H2,1H3,(H,16,18). The number of likely N-dealkylation sites (tertiary alicyclic amines) is 1. The Kier molecular flexibility index (Phi) is 5.21. The molecule has 2 rings (SSSR count). The van der Waals surface area contributed by atoms with Gasteiger partial charge in [0.05, 0.1) is 0 Å². The predicted molar refractivity (Wildman–Crippen MR) is 75.6 cm³/mol. The van der Waals surface area contributed by atoms with Gasteiger partial charge >= 0.3 is 0 Å². The van der Waals surface area contributed by atoms with E-state index in [2.05, 4.69) is 10.2 Å². The summed E-state index contributed by atoms with van der Waals surface area (Å²) in [5, 5.41) is 2.79. The molecule has 19 heavy (non-hydrogen) atoms. The summed E-state index contributed by atoms with van der Waals surface area (Å²) < 4.78 is 5.72. The van der Waals surface area contributed by atoms with Crippen molar-refractivity contribution < 1.29 is 9.53 Å². The fourth-order valence-electron chi connectivity index (χ4n) is 2.29. The highest BCUT2D eigenvalue weighted by molar-refractivity contribution is 5.94. The number of benzene rings is 1. The maximum Gasteiger partial charge on any atom is 0.251 e. The molecule has 1 heterocycles. The number of nitrogens with zero attached hydrogens (tertiary/aromatic N) is 1. The van der Waals surface area contributed by atoms with Crippen molar-refractivity contribution in [2.75, 3.05) is 32.8 Å². The lowest BCUT2D eigenvalue weighted by Gasteiger charge is -2.15. The van der Waals surface area contributed by atoms with Crippen LogP contribution in [-0.4, -0.2) is 43.6 Å². The van der Waals surface area contributed by atoms with E-state index in [0.717, 1.165) is 12.3 Å². The van der Waals surface area contributed by atoms with Gasteiger partial charge in [-0.15, -0.1) is 0 Å². The molecule has 0 atom stereocenters. The van der Waals surface area contributed by atoms with E-state index in [1.165, 1.54) is 25.9 Å². The van der Waals surface area contributed by atoms with E-state index in [0.29, 0.717) is 18.7 Å². The Labute approximate surface area is 114 Å². The van der Waals surface area contributed by atoms with Gasteiger partial charge < -0.3 is 10.1 Å².